The summed E-state index contributed by atoms with van der Waals surface area (Å²) in [5, 5.41) is 10.1. The van der Waals surface area contributed by atoms with Crippen molar-refractivity contribution in [3.8, 4) is 0 Å². The van der Waals surface area contributed by atoms with E-state index in [1.165, 1.54) is 45.1 Å². The molecule has 1 heterocycles. The van der Waals surface area contributed by atoms with Gasteiger partial charge in [-0.1, -0.05) is 19.3 Å². The summed E-state index contributed by atoms with van der Waals surface area (Å²) in [5.74, 6) is 0. The second-order valence-electron chi connectivity index (χ2n) is 5.38. The van der Waals surface area contributed by atoms with Crippen molar-refractivity contribution in [3.05, 3.63) is 0 Å². The van der Waals surface area contributed by atoms with E-state index in [4.69, 9.17) is 5.73 Å². The largest absolute Gasteiger partial charge is 0.391 e. The molecule has 1 aliphatic heterocycles. The molecule has 3 nitrogen and oxygen atoms in total. The van der Waals surface area contributed by atoms with Gasteiger partial charge in [0.15, 0.2) is 0 Å². The summed E-state index contributed by atoms with van der Waals surface area (Å²) in [6.07, 6.45) is 9.59. The van der Waals surface area contributed by atoms with Crippen molar-refractivity contribution in [2.75, 3.05) is 13.1 Å². The third-order valence-electron chi connectivity index (χ3n) is 4.29. The molecule has 0 amide bonds. The van der Waals surface area contributed by atoms with E-state index in [1.807, 2.05) is 0 Å². The maximum atomic E-state index is 10.1. The lowest BCUT2D eigenvalue weighted by molar-refractivity contribution is -0.0163. The Morgan fingerprint density at radius 1 is 1.06 bits per heavy atom. The molecule has 94 valence electrons. The number of hydrogen-bond acceptors (Lipinski definition) is 3. The number of nitrogens with two attached hydrogens (primary N) is 1. The zero-order chi connectivity index (χ0) is 11.4. The third kappa shape index (κ3) is 2.76. The minimum absolute atomic E-state index is 0.0906. The topological polar surface area (TPSA) is 49.5 Å². The SMILES string of the molecule is NCCC1CCCCN1C1CCCCC1O. The summed E-state index contributed by atoms with van der Waals surface area (Å²) < 4.78 is 0. The highest BCUT2D eigenvalue weighted by atomic mass is 16.3. The number of aliphatic hydroxyl groups excluding tert-OH is 1. The van der Waals surface area contributed by atoms with Crippen molar-refractivity contribution >= 4 is 0 Å². The number of piperidine rings is 1. The van der Waals surface area contributed by atoms with Crippen LogP contribution >= 0.6 is 0 Å². The molecule has 1 saturated heterocycles. The molecule has 3 heteroatoms. The van der Waals surface area contributed by atoms with E-state index < -0.39 is 0 Å². The fourth-order valence-electron chi connectivity index (χ4n) is 3.44. The molecule has 1 saturated carbocycles. The van der Waals surface area contributed by atoms with Crippen LogP contribution in [0.15, 0.2) is 0 Å². The van der Waals surface area contributed by atoms with Crippen LogP contribution in [0.5, 0.6) is 0 Å². The van der Waals surface area contributed by atoms with Crippen molar-refractivity contribution < 1.29 is 5.11 Å². The van der Waals surface area contributed by atoms with Crippen LogP contribution in [0, 0.1) is 0 Å². The lowest BCUT2D eigenvalue weighted by atomic mass is 9.87. The first kappa shape index (κ1) is 12.3. The number of likely N-dealkylation sites (tertiary alicyclic amines) is 1. The summed E-state index contributed by atoms with van der Waals surface area (Å²) in [6, 6.07) is 1.06. The van der Waals surface area contributed by atoms with Gasteiger partial charge in [-0.15, -0.1) is 0 Å². The summed E-state index contributed by atoms with van der Waals surface area (Å²) in [4.78, 5) is 2.57. The average molecular weight is 226 g/mol. The highest BCUT2D eigenvalue weighted by molar-refractivity contribution is 4.89. The first-order valence-electron chi connectivity index (χ1n) is 6.97. The van der Waals surface area contributed by atoms with Crippen LogP contribution in [0.4, 0.5) is 0 Å². The Morgan fingerprint density at radius 3 is 2.56 bits per heavy atom. The molecule has 1 aliphatic carbocycles. The summed E-state index contributed by atoms with van der Waals surface area (Å²) in [5.41, 5.74) is 5.70. The van der Waals surface area contributed by atoms with Gasteiger partial charge in [0.2, 0.25) is 0 Å². The number of rotatable bonds is 3. The molecule has 2 fully saturated rings. The van der Waals surface area contributed by atoms with Crippen LogP contribution in [0.2, 0.25) is 0 Å². The minimum atomic E-state index is -0.0906. The van der Waals surface area contributed by atoms with Crippen LogP contribution in [0.25, 0.3) is 0 Å². The van der Waals surface area contributed by atoms with Crippen LogP contribution in [0.3, 0.4) is 0 Å². The smallest absolute Gasteiger partial charge is 0.0695 e. The Labute approximate surface area is 99.0 Å². The lowest BCUT2D eigenvalue weighted by Gasteiger charge is -2.44. The maximum Gasteiger partial charge on any atom is 0.0695 e. The molecule has 0 spiro atoms. The van der Waals surface area contributed by atoms with Gasteiger partial charge in [-0.25, -0.2) is 0 Å². The molecule has 0 aromatic carbocycles. The number of nitrogens with zero attached hydrogens (tertiary/aromatic N) is 1. The normalized spacial score (nSPS) is 37.5. The zero-order valence-electron chi connectivity index (χ0n) is 10.3. The second-order valence-corrected chi connectivity index (χ2v) is 5.38. The molecule has 0 bridgehead atoms. The fraction of sp³-hybridized carbons (Fsp3) is 1.00. The van der Waals surface area contributed by atoms with Crippen molar-refractivity contribution in [2.45, 2.75) is 69.6 Å². The summed E-state index contributed by atoms with van der Waals surface area (Å²) in [6.45, 7) is 1.95. The zero-order valence-corrected chi connectivity index (χ0v) is 10.3. The molecule has 2 aliphatic rings. The van der Waals surface area contributed by atoms with Gasteiger partial charge in [0.05, 0.1) is 6.10 Å². The highest BCUT2D eigenvalue weighted by Gasteiger charge is 2.33. The van der Waals surface area contributed by atoms with E-state index in [0.717, 1.165) is 19.4 Å². The number of aliphatic hydroxyl groups is 1. The fourth-order valence-corrected chi connectivity index (χ4v) is 3.44. The van der Waals surface area contributed by atoms with Gasteiger partial charge in [-0.3, -0.25) is 4.90 Å². The molecule has 0 aromatic heterocycles. The molecule has 2 rings (SSSR count). The first-order valence-corrected chi connectivity index (χ1v) is 6.97. The predicted octanol–water partition coefficient (Wildman–Crippen LogP) is 1.49. The highest BCUT2D eigenvalue weighted by Crippen LogP contribution is 2.29. The Morgan fingerprint density at radius 2 is 1.81 bits per heavy atom. The van der Waals surface area contributed by atoms with Gasteiger partial charge in [-0.05, 0) is 45.2 Å². The molecule has 0 radical (unpaired) electrons. The van der Waals surface area contributed by atoms with E-state index in [-0.39, 0.29) is 6.10 Å². The third-order valence-corrected chi connectivity index (χ3v) is 4.29. The van der Waals surface area contributed by atoms with Gasteiger partial charge in [-0.2, -0.15) is 0 Å². The molecule has 3 atom stereocenters. The standard InChI is InChI=1S/C13H26N2O/c14-9-8-11-5-3-4-10-15(11)12-6-1-2-7-13(12)16/h11-13,16H,1-10,14H2. The van der Waals surface area contributed by atoms with Crippen LogP contribution in [0.1, 0.15) is 51.4 Å². The maximum absolute atomic E-state index is 10.1. The molecule has 0 aromatic rings. The Bertz CT molecular complexity index is 208. The minimum Gasteiger partial charge on any atom is -0.391 e. The van der Waals surface area contributed by atoms with Crippen molar-refractivity contribution in [1.82, 2.24) is 4.90 Å². The molecular formula is C13H26N2O. The Kier molecular flexibility index (Phi) is 4.62. The van der Waals surface area contributed by atoms with Crippen molar-refractivity contribution in [3.63, 3.8) is 0 Å². The van der Waals surface area contributed by atoms with E-state index in [9.17, 15) is 5.11 Å². The van der Waals surface area contributed by atoms with Crippen molar-refractivity contribution in [2.24, 2.45) is 5.73 Å². The summed E-state index contributed by atoms with van der Waals surface area (Å²) >= 11 is 0. The van der Waals surface area contributed by atoms with Crippen molar-refractivity contribution in [1.29, 1.82) is 0 Å². The Hall–Kier alpha value is -0.120. The van der Waals surface area contributed by atoms with Gasteiger partial charge >= 0.3 is 0 Å². The second kappa shape index (κ2) is 5.99. The Balaban J connectivity index is 1.97. The lowest BCUT2D eigenvalue weighted by Crippen LogP contribution is -2.52. The first-order chi connectivity index (χ1) is 7.83. The quantitative estimate of drug-likeness (QED) is 0.766. The van der Waals surface area contributed by atoms with Gasteiger partial charge < -0.3 is 10.8 Å². The van der Waals surface area contributed by atoms with E-state index in [1.54, 1.807) is 0 Å². The molecule has 16 heavy (non-hydrogen) atoms. The van der Waals surface area contributed by atoms with E-state index >= 15 is 0 Å². The molecule has 3 N–H and O–H groups in total. The monoisotopic (exact) mass is 226 g/mol. The van der Waals surface area contributed by atoms with E-state index in [0.29, 0.717) is 12.1 Å². The van der Waals surface area contributed by atoms with E-state index in [2.05, 4.69) is 4.90 Å². The van der Waals surface area contributed by atoms with Crippen LogP contribution in [-0.2, 0) is 0 Å². The average Bonchev–Trinajstić information content (AvgIpc) is 2.31. The summed E-state index contributed by atoms with van der Waals surface area (Å²) in [7, 11) is 0. The molecule has 3 unspecified atom stereocenters. The van der Waals surface area contributed by atoms with Gasteiger partial charge in [0, 0.05) is 12.1 Å². The van der Waals surface area contributed by atoms with Gasteiger partial charge in [0.1, 0.15) is 0 Å². The predicted molar refractivity (Wildman–Crippen MR) is 66.3 cm³/mol. The number of hydrogen-bond donors (Lipinski definition) is 2. The van der Waals surface area contributed by atoms with Gasteiger partial charge in [0.25, 0.3) is 0 Å². The van der Waals surface area contributed by atoms with Crippen LogP contribution in [-0.4, -0.2) is 41.3 Å². The molecular weight excluding hydrogens is 200 g/mol. The van der Waals surface area contributed by atoms with Crippen LogP contribution < -0.4 is 5.73 Å².